The smallest absolute Gasteiger partial charge is 0.101 e. The van der Waals surface area contributed by atoms with Gasteiger partial charge in [-0.2, -0.15) is 10.5 Å². The number of benzene rings is 11. The lowest BCUT2D eigenvalue weighted by Gasteiger charge is -2.33. The highest BCUT2D eigenvalue weighted by Gasteiger charge is 2.49. The van der Waals surface area contributed by atoms with E-state index in [9.17, 15) is 10.5 Å². The fourth-order valence-corrected chi connectivity index (χ4v) is 13.7. The number of rotatable bonds is 6. The fourth-order valence-electron chi connectivity index (χ4n) is 13.7. The summed E-state index contributed by atoms with van der Waals surface area (Å²) in [5.74, 6) is 0. The molecule has 11 aromatic carbocycles. The Bertz CT molecular complexity index is 4180. The number of hydrogen-bond donors (Lipinski definition) is 0. The zero-order chi connectivity index (χ0) is 49.1. The third-order valence-electron chi connectivity index (χ3n) is 16.4. The third-order valence-corrected chi connectivity index (χ3v) is 16.4. The van der Waals surface area contributed by atoms with Crippen LogP contribution in [0.1, 0.15) is 55.6 Å². The Balaban J connectivity index is 1.08. The topological polar surface area (TPSA) is 57.4 Å². The van der Waals surface area contributed by atoms with Crippen molar-refractivity contribution >= 4 is 43.6 Å². The van der Waals surface area contributed by atoms with Gasteiger partial charge in [-0.05, 0) is 103 Å². The minimum atomic E-state index is -0.601. The van der Waals surface area contributed by atoms with Crippen LogP contribution in [0.15, 0.2) is 255 Å². The molecule has 2 aliphatic rings. The minimum Gasteiger partial charge on any atom is -0.306 e. The van der Waals surface area contributed by atoms with Crippen LogP contribution in [0.25, 0.3) is 77.2 Å². The second kappa shape index (κ2) is 15.7. The first-order chi connectivity index (χ1) is 36.7. The van der Waals surface area contributed by atoms with E-state index < -0.39 is 10.8 Å². The quantitative estimate of drug-likeness (QED) is 0.167. The van der Waals surface area contributed by atoms with Crippen LogP contribution in [0.5, 0.6) is 0 Å². The van der Waals surface area contributed by atoms with Gasteiger partial charge in [0.2, 0.25) is 0 Å². The first-order valence-electron chi connectivity index (χ1n) is 25.2. The molecule has 0 saturated carbocycles. The average Bonchev–Trinajstić information content (AvgIpc) is 4.19. The van der Waals surface area contributed by atoms with Gasteiger partial charge in [-0.1, -0.05) is 218 Å². The van der Waals surface area contributed by atoms with Crippen molar-refractivity contribution in [3.8, 4) is 45.8 Å². The molecule has 2 heterocycles. The summed E-state index contributed by atoms with van der Waals surface area (Å²) in [7, 11) is 0. The summed E-state index contributed by atoms with van der Waals surface area (Å²) in [6, 6.07) is 96.6. The molecule has 0 fully saturated rings. The molecule has 2 aromatic heterocycles. The normalized spacial score (nSPS) is 13.6. The minimum absolute atomic E-state index is 0.468. The van der Waals surface area contributed by atoms with E-state index in [1.165, 1.54) is 66.8 Å². The molecule has 4 nitrogen and oxygen atoms in total. The molecule has 0 aliphatic heterocycles. The summed E-state index contributed by atoms with van der Waals surface area (Å²) < 4.78 is 4.54. The summed E-state index contributed by atoms with van der Waals surface area (Å²) in [4.78, 5) is 0. The predicted octanol–water partition coefficient (Wildman–Crippen LogP) is 16.4. The van der Waals surface area contributed by atoms with Crippen molar-refractivity contribution in [3.63, 3.8) is 0 Å². The number of para-hydroxylation sites is 2. The van der Waals surface area contributed by atoms with Crippen molar-refractivity contribution in [1.82, 2.24) is 9.13 Å². The van der Waals surface area contributed by atoms with E-state index in [4.69, 9.17) is 0 Å². The molecule has 0 atom stereocenters. The van der Waals surface area contributed by atoms with Gasteiger partial charge in [0.15, 0.2) is 0 Å². The maximum Gasteiger partial charge on any atom is 0.101 e. The average molecular weight is 939 g/mol. The van der Waals surface area contributed by atoms with Gasteiger partial charge < -0.3 is 9.13 Å². The monoisotopic (exact) mass is 938 g/mol. The maximum absolute atomic E-state index is 11.4. The van der Waals surface area contributed by atoms with Crippen LogP contribution in [-0.2, 0) is 10.8 Å². The molecule has 0 radical (unpaired) electrons. The SMILES string of the molecule is N#Cc1ccc(C#N)c(-n2c3ccccc3c3c4c(ccc32)C(c2ccccc2)(c2ccccc2)c2ccccc2-4)c1-n1c2ccccc2c2c3c(ccc21)C(c1ccccc1)(c1ccccc1)c1ccccc1-3. The van der Waals surface area contributed by atoms with Crippen molar-refractivity contribution in [2.24, 2.45) is 0 Å². The van der Waals surface area contributed by atoms with E-state index in [1.54, 1.807) is 0 Å². The standard InChI is InChI=1S/C70H42N4/c71-43-45-37-38-46(44-72)68(74-60-36-20-16-32-54(60)66-62(74)42-40-58-64(66)52-30-14-18-34-56(52)70(58,49-25-9-3-10-26-49)50-27-11-4-12-28-50)67(45)73-59-35-19-15-31-53(59)65-61(73)41-39-57-63(65)51-29-13-17-33-55(51)69(57,47-21-5-1-6-22-47)48-23-7-2-8-24-48/h1-42H. The van der Waals surface area contributed by atoms with Crippen LogP contribution in [0.3, 0.4) is 0 Å². The lowest BCUT2D eigenvalue weighted by molar-refractivity contribution is 0.769. The largest absolute Gasteiger partial charge is 0.306 e. The highest BCUT2D eigenvalue weighted by Crippen LogP contribution is 2.61. The number of aromatic nitrogens is 2. The highest BCUT2D eigenvalue weighted by molar-refractivity contribution is 6.21. The van der Waals surface area contributed by atoms with Gasteiger partial charge in [0, 0.05) is 21.5 Å². The highest BCUT2D eigenvalue weighted by atomic mass is 15.1. The Labute approximate surface area is 428 Å². The molecule has 2 aliphatic carbocycles. The van der Waals surface area contributed by atoms with Crippen LogP contribution in [0.4, 0.5) is 0 Å². The summed E-state index contributed by atoms with van der Waals surface area (Å²) in [6.45, 7) is 0. The van der Waals surface area contributed by atoms with Crippen LogP contribution >= 0.6 is 0 Å². The first kappa shape index (κ1) is 41.8. The second-order valence-corrected chi connectivity index (χ2v) is 19.6. The molecular weight excluding hydrogens is 897 g/mol. The van der Waals surface area contributed by atoms with Crippen molar-refractivity contribution in [2.45, 2.75) is 10.8 Å². The molecular formula is C70H42N4. The summed E-state index contributed by atoms with van der Waals surface area (Å²) in [6.07, 6.45) is 0. The van der Waals surface area contributed by atoms with Crippen LogP contribution in [-0.4, -0.2) is 9.13 Å². The van der Waals surface area contributed by atoms with E-state index in [2.05, 4.69) is 264 Å². The van der Waals surface area contributed by atoms with Crippen LogP contribution in [0, 0.1) is 22.7 Å². The third kappa shape index (κ3) is 5.28. The molecule has 0 unspecified atom stereocenters. The van der Waals surface area contributed by atoms with E-state index >= 15 is 0 Å². The van der Waals surface area contributed by atoms with Gasteiger partial charge in [-0.15, -0.1) is 0 Å². The zero-order valence-corrected chi connectivity index (χ0v) is 40.0. The Morgan fingerprint density at radius 2 is 0.608 bits per heavy atom. The zero-order valence-electron chi connectivity index (χ0n) is 40.0. The van der Waals surface area contributed by atoms with E-state index in [0.717, 1.165) is 43.6 Å². The number of hydrogen-bond acceptors (Lipinski definition) is 2. The van der Waals surface area contributed by atoms with Crippen molar-refractivity contribution < 1.29 is 0 Å². The molecule has 0 spiro atoms. The van der Waals surface area contributed by atoms with E-state index in [-0.39, 0.29) is 0 Å². The van der Waals surface area contributed by atoms with Crippen molar-refractivity contribution in [3.05, 3.63) is 310 Å². The Morgan fingerprint density at radius 1 is 0.284 bits per heavy atom. The van der Waals surface area contributed by atoms with Gasteiger partial charge in [0.05, 0.1) is 55.4 Å². The molecule has 4 heteroatoms. The fraction of sp³-hybridized carbons (Fsp3) is 0.0286. The summed E-state index contributed by atoms with van der Waals surface area (Å²) in [5, 5.41) is 27.2. The van der Waals surface area contributed by atoms with Gasteiger partial charge in [0.25, 0.3) is 0 Å². The van der Waals surface area contributed by atoms with Crippen LogP contribution in [0.2, 0.25) is 0 Å². The lowest BCUT2D eigenvalue weighted by Crippen LogP contribution is -2.28. The summed E-state index contributed by atoms with van der Waals surface area (Å²) in [5.41, 5.74) is 19.2. The molecule has 74 heavy (non-hydrogen) atoms. The molecule has 13 aromatic rings. The molecule has 0 N–H and O–H groups in total. The maximum atomic E-state index is 11.4. The van der Waals surface area contributed by atoms with Crippen LogP contribution < -0.4 is 0 Å². The first-order valence-corrected chi connectivity index (χ1v) is 25.2. The second-order valence-electron chi connectivity index (χ2n) is 19.6. The number of nitriles is 2. The number of fused-ring (bicyclic) bond motifs is 14. The van der Waals surface area contributed by atoms with Crippen molar-refractivity contribution in [1.29, 1.82) is 10.5 Å². The van der Waals surface area contributed by atoms with Crippen molar-refractivity contribution in [2.75, 3.05) is 0 Å². The Morgan fingerprint density at radius 3 is 0.973 bits per heavy atom. The molecule has 342 valence electrons. The van der Waals surface area contributed by atoms with Gasteiger partial charge in [0.1, 0.15) is 12.1 Å². The van der Waals surface area contributed by atoms with Gasteiger partial charge in [-0.25, -0.2) is 0 Å². The molecule has 0 bridgehead atoms. The van der Waals surface area contributed by atoms with Gasteiger partial charge >= 0.3 is 0 Å². The van der Waals surface area contributed by atoms with E-state index in [1.807, 2.05) is 12.1 Å². The predicted molar refractivity (Wildman–Crippen MR) is 299 cm³/mol. The molecule has 15 rings (SSSR count). The number of nitrogens with zero attached hydrogens (tertiary/aromatic N) is 4. The Hall–Kier alpha value is -10.0. The summed E-state index contributed by atoms with van der Waals surface area (Å²) >= 11 is 0. The van der Waals surface area contributed by atoms with Gasteiger partial charge in [-0.3, -0.25) is 0 Å². The Kier molecular flexibility index (Phi) is 8.89. The molecule has 0 saturated heterocycles. The van der Waals surface area contributed by atoms with E-state index in [0.29, 0.717) is 22.5 Å². The molecule has 0 amide bonds. The lowest BCUT2D eigenvalue weighted by atomic mass is 9.67.